The molecule has 1 aliphatic heterocycles. The van der Waals surface area contributed by atoms with Crippen LogP contribution in [0, 0.1) is 6.92 Å². The maximum absolute atomic E-state index is 12.3. The van der Waals surface area contributed by atoms with Crippen molar-refractivity contribution in [1.29, 1.82) is 0 Å². The SMILES string of the molecule is Cc1cc(C(=O)NCCCc2cn[nH]c2)ccc1N1CCOCC1. The molecule has 128 valence electrons. The molecule has 1 amide bonds. The second-order valence-corrected chi connectivity index (χ2v) is 6.07. The van der Waals surface area contributed by atoms with Crippen LogP contribution in [0.2, 0.25) is 0 Å². The predicted octanol–water partition coefficient (Wildman–Crippen LogP) is 1.92. The largest absolute Gasteiger partial charge is 0.378 e. The molecule has 1 saturated heterocycles. The van der Waals surface area contributed by atoms with E-state index >= 15 is 0 Å². The van der Waals surface area contributed by atoms with Crippen molar-refractivity contribution in [2.45, 2.75) is 19.8 Å². The van der Waals surface area contributed by atoms with Crippen LogP contribution in [0.4, 0.5) is 5.69 Å². The Labute approximate surface area is 142 Å². The highest BCUT2D eigenvalue weighted by Crippen LogP contribution is 2.22. The summed E-state index contributed by atoms with van der Waals surface area (Å²) in [5.41, 5.74) is 4.19. The first-order valence-corrected chi connectivity index (χ1v) is 8.43. The topological polar surface area (TPSA) is 70.2 Å². The summed E-state index contributed by atoms with van der Waals surface area (Å²) in [6, 6.07) is 5.92. The lowest BCUT2D eigenvalue weighted by atomic mass is 10.1. The standard InChI is InChI=1S/C18H24N4O2/c1-14-11-16(4-5-17(14)22-7-9-24-10-8-22)18(23)19-6-2-3-15-12-20-21-13-15/h4-5,11-13H,2-3,6-10H2,1H3,(H,19,23)(H,20,21). The highest BCUT2D eigenvalue weighted by Gasteiger charge is 2.14. The van der Waals surface area contributed by atoms with Gasteiger partial charge in [-0.1, -0.05) is 0 Å². The lowest BCUT2D eigenvalue weighted by Crippen LogP contribution is -2.36. The molecular formula is C18H24N4O2. The number of H-pyrrole nitrogens is 1. The molecule has 2 aromatic rings. The van der Waals surface area contributed by atoms with Gasteiger partial charge in [0, 0.05) is 37.1 Å². The van der Waals surface area contributed by atoms with Gasteiger partial charge in [-0.15, -0.1) is 0 Å². The molecule has 1 aliphatic rings. The van der Waals surface area contributed by atoms with Gasteiger partial charge in [-0.3, -0.25) is 9.89 Å². The second kappa shape index (κ2) is 7.97. The Bertz CT molecular complexity index is 664. The van der Waals surface area contributed by atoms with E-state index in [1.165, 1.54) is 5.69 Å². The molecule has 0 radical (unpaired) electrons. The first kappa shape index (κ1) is 16.5. The normalized spacial score (nSPS) is 14.6. The smallest absolute Gasteiger partial charge is 0.251 e. The first-order chi connectivity index (χ1) is 11.7. The van der Waals surface area contributed by atoms with E-state index in [-0.39, 0.29) is 5.91 Å². The molecule has 3 rings (SSSR count). The Balaban J connectivity index is 1.52. The van der Waals surface area contributed by atoms with Crippen molar-refractivity contribution in [3.63, 3.8) is 0 Å². The van der Waals surface area contributed by atoms with Gasteiger partial charge < -0.3 is 15.0 Å². The average molecular weight is 328 g/mol. The molecule has 0 spiro atoms. The Morgan fingerprint density at radius 2 is 2.21 bits per heavy atom. The molecular weight excluding hydrogens is 304 g/mol. The number of amides is 1. The van der Waals surface area contributed by atoms with Crippen molar-refractivity contribution in [3.05, 3.63) is 47.3 Å². The number of hydrogen-bond donors (Lipinski definition) is 2. The summed E-state index contributed by atoms with van der Waals surface area (Å²) in [6.45, 7) is 6.05. The molecule has 2 N–H and O–H groups in total. The maximum Gasteiger partial charge on any atom is 0.251 e. The van der Waals surface area contributed by atoms with Gasteiger partial charge in [0.1, 0.15) is 0 Å². The third-order valence-electron chi connectivity index (χ3n) is 4.29. The molecule has 2 heterocycles. The Morgan fingerprint density at radius 3 is 2.92 bits per heavy atom. The van der Waals surface area contributed by atoms with E-state index in [0.717, 1.165) is 50.3 Å². The van der Waals surface area contributed by atoms with Gasteiger partial charge in [0.15, 0.2) is 0 Å². The number of nitrogens with one attached hydrogen (secondary N) is 2. The number of anilines is 1. The van der Waals surface area contributed by atoms with Gasteiger partial charge in [-0.25, -0.2) is 0 Å². The van der Waals surface area contributed by atoms with Crippen LogP contribution in [0.25, 0.3) is 0 Å². The van der Waals surface area contributed by atoms with Crippen LogP contribution < -0.4 is 10.2 Å². The summed E-state index contributed by atoms with van der Waals surface area (Å²) in [4.78, 5) is 14.6. The number of nitrogens with zero attached hydrogens (tertiary/aromatic N) is 2. The quantitative estimate of drug-likeness (QED) is 0.795. The van der Waals surface area contributed by atoms with Gasteiger partial charge >= 0.3 is 0 Å². The van der Waals surface area contributed by atoms with Crippen LogP contribution in [0.5, 0.6) is 0 Å². The number of carbonyl (C=O) groups is 1. The van der Waals surface area contributed by atoms with Crippen LogP contribution >= 0.6 is 0 Å². The van der Waals surface area contributed by atoms with Crippen LogP contribution in [-0.2, 0) is 11.2 Å². The lowest BCUT2D eigenvalue weighted by Gasteiger charge is -2.30. The highest BCUT2D eigenvalue weighted by molar-refractivity contribution is 5.94. The molecule has 0 bridgehead atoms. The third kappa shape index (κ3) is 4.14. The highest BCUT2D eigenvalue weighted by atomic mass is 16.5. The molecule has 0 aliphatic carbocycles. The first-order valence-electron chi connectivity index (χ1n) is 8.43. The molecule has 1 aromatic heterocycles. The van der Waals surface area contributed by atoms with E-state index in [2.05, 4.69) is 27.3 Å². The zero-order valence-corrected chi connectivity index (χ0v) is 14.0. The maximum atomic E-state index is 12.3. The summed E-state index contributed by atoms with van der Waals surface area (Å²) < 4.78 is 5.39. The van der Waals surface area contributed by atoms with Crippen LogP contribution in [0.1, 0.15) is 27.9 Å². The summed E-state index contributed by atoms with van der Waals surface area (Å²) >= 11 is 0. The monoisotopic (exact) mass is 328 g/mol. The number of morpholine rings is 1. The minimum absolute atomic E-state index is 0.0150. The number of carbonyl (C=O) groups excluding carboxylic acids is 1. The Hall–Kier alpha value is -2.34. The van der Waals surface area contributed by atoms with Gasteiger partial charge in [-0.05, 0) is 49.1 Å². The fraction of sp³-hybridized carbons (Fsp3) is 0.444. The molecule has 1 aromatic carbocycles. The third-order valence-corrected chi connectivity index (χ3v) is 4.29. The van der Waals surface area contributed by atoms with Crippen molar-refractivity contribution in [2.75, 3.05) is 37.7 Å². The number of rotatable bonds is 6. The zero-order valence-electron chi connectivity index (χ0n) is 14.0. The summed E-state index contributed by atoms with van der Waals surface area (Å²) in [7, 11) is 0. The van der Waals surface area contributed by atoms with E-state index in [1.807, 2.05) is 30.6 Å². The zero-order chi connectivity index (χ0) is 16.8. The number of hydrogen-bond acceptors (Lipinski definition) is 4. The van der Waals surface area contributed by atoms with Crippen molar-refractivity contribution >= 4 is 11.6 Å². The van der Waals surface area contributed by atoms with Gasteiger partial charge in [0.25, 0.3) is 5.91 Å². The van der Waals surface area contributed by atoms with E-state index in [9.17, 15) is 4.79 Å². The summed E-state index contributed by atoms with van der Waals surface area (Å²) in [5.74, 6) is -0.0150. The fourth-order valence-corrected chi connectivity index (χ4v) is 2.97. The van der Waals surface area contributed by atoms with Crippen LogP contribution in [0.15, 0.2) is 30.6 Å². The molecule has 24 heavy (non-hydrogen) atoms. The number of aryl methyl sites for hydroxylation is 2. The van der Waals surface area contributed by atoms with E-state index in [1.54, 1.807) is 0 Å². The molecule has 6 heteroatoms. The molecule has 6 nitrogen and oxygen atoms in total. The minimum atomic E-state index is -0.0150. The number of benzene rings is 1. The van der Waals surface area contributed by atoms with E-state index < -0.39 is 0 Å². The number of aromatic amines is 1. The van der Waals surface area contributed by atoms with Crippen molar-refractivity contribution in [1.82, 2.24) is 15.5 Å². The molecule has 0 saturated carbocycles. The number of aromatic nitrogens is 2. The minimum Gasteiger partial charge on any atom is -0.378 e. The van der Waals surface area contributed by atoms with Crippen LogP contribution in [0.3, 0.4) is 0 Å². The number of ether oxygens (including phenoxy) is 1. The van der Waals surface area contributed by atoms with Gasteiger partial charge in [0.2, 0.25) is 0 Å². The average Bonchev–Trinajstić information content (AvgIpc) is 3.12. The Kier molecular flexibility index (Phi) is 5.48. The lowest BCUT2D eigenvalue weighted by molar-refractivity contribution is 0.0953. The second-order valence-electron chi connectivity index (χ2n) is 6.07. The van der Waals surface area contributed by atoms with Crippen LogP contribution in [-0.4, -0.2) is 49.0 Å². The molecule has 0 atom stereocenters. The predicted molar refractivity (Wildman–Crippen MR) is 93.5 cm³/mol. The Morgan fingerprint density at radius 1 is 1.38 bits per heavy atom. The van der Waals surface area contributed by atoms with Gasteiger partial charge in [0.05, 0.1) is 19.4 Å². The van der Waals surface area contributed by atoms with Crippen molar-refractivity contribution in [2.24, 2.45) is 0 Å². The summed E-state index contributed by atoms with van der Waals surface area (Å²) in [5, 5.41) is 9.69. The fourth-order valence-electron chi connectivity index (χ4n) is 2.97. The molecule has 0 unspecified atom stereocenters. The van der Waals surface area contributed by atoms with Crippen molar-refractivity contribution in [3.8, 4) is 0 Å². The van der Waals surface area contributed by atoms with Crippen molar-refractivity contribution < 1.29 is 9.53 Å². The van der Waals surface area contributed by atoms with E-state index in [0.29, 0.717) is 12.1 Å². The van der Waals surface area contributed by atoms with Gasteiger partial charge in [-0.2, -0.15) is 5.10 Å². The van der Waals surface area contributed by atoms with E-state index in [4.69, 9.17) is 4.74 Å². The summed E-state index contributed by atoms with van der Waals surface area (Å²) in [6.07, 6.45) is 5.51. The molecule has 1 fully saturated rings.